The standard InChI is InChI=1S/C10H8.C7H9N.C5H8N2.C3H8.C2H6/c1-2-6-10-8-4-3-7-9(10)5-1;1-2-7-3-5-8-6-4-7;1-2-5-6-3-4-7-5;1-3-2;1-2/h1-8H;3-6H,2H2,1H3;3-4H,2H2,1H3,(H,6,7);3H2,1-2H3;1-2H3. The lowest BCUT2D eigenvalue weighted by Gasteiger charge is -1.92. The van der Waals surface area contributed by atoms with Crippen LogP contribution in [0.3, 0.4) is 0 Å². The van der Waals surface area contributed by atoms with E-state index in [1.165, 1.54) is 22.8 Å². The second-order valence-corrected chi connectivity index (χ2v) is 6.15. The molecule has 4 rings (SSSR count). The summed E-state index contributed by atoms with van der Waals surface area (Å²) in [6.07, 6.45) is 10.6. The van der Waals surface area contributed by atoms with Crippen molar-refractivity contribution < 1.29 is 0 Å². The van der Waals surface area contributed by atoms with Crippen molar-refractivity contribution in [1.82, 2.24) is 15.0 Å². The number of hydrogen-bond acceptors (Lipinski definition) is 2. The van der Waals surface area contributed by atoms with Gasteiger partial charge in [-0.1, -0.05) is 96.5 Å². The van der Waals surface area contributed by atoms with Crippen LogP contribution in [0.4, 0.5) is 0 Å². The lowest BCUT2D eigenvalue weighted by Crippen LogP contribution is -1.78. The van der Waals surface area contributed by atoms with E-state index in [0.29, 0.717) is 0 Å². The number of hydrogen-bond donors (Lipinski definition) is 1. The van der Waals surface area contributed by atoms with Gasteiger partial charge in [-0.3, -0.25) is 4.98 Å². The molecule has 0 saturated carbocycles. The quantitative estimate of drug-likeness (QED) is 0.368. The van der Waals surface area contributed by atoms with E-state index in [2.05, 4.69) is 91.2 Å². The maximum atomic E-state index is 3.98. The number of pyridine rings is 1. The molecule has 2 heterocycles. The van der Waals surface area contributed by atoms with Gasteiger partial charge in [-0.25, -0.2) is 4.98 Å². The van der Waals surface area contributed by atoms with Crippen LogP contribution in [0.2, 0.25) is 0 Å². The Hall–Kier alpha value is -2.94. The van der Waals surface area contributed by atoms with Crippen LogP contribution < -0.4 is 0 Å². The first-order chi connectivity index (χ1) is 14.7. The normalized spacial score (nSPS) is 8.73. The van der Waals surface area contributed by atoms with Gasteiger partial charge in [-0.05, 0) is 34.9 Å². The van der Waals surface area contributed by atoms with E-state index in [1.807, 2.05) is 44.6 Å². The second kappa shape index (κ2) is 19.4. The Morgan fingerprint density at radius 1 is 0.667 bits per heavy atom. The van der Waals surface area contributed by atoms with E-state index in [4.69, 9.17) is 0 Å². The predicted molar refractivity (Wildman–Crippen MR) is 133 cm³/mol. The molecule has 0 amide bonds. The minimum atomic E-state index is 0.993. The monoisotopic (exact) mass is 405 g/mol. The molecule has 0 aliphatic rings. The first-order valence-electron chi connectivity index (χ1n) is 11.1. The van der Waals surface area contributed by atoms with Crippen molar-refractivity contribution >= 4 is 10.8 Å². The lowest BCUT2D eigenvalue weighted by atomic mass is 10.1. The lowest BCUT2D eigenvalue weighted by molar-refractivity contribution is 0.990. The van der Waals surface area contributed by atoms with Crippen LogP contribution in [0.1, 0.15) is 59.4 Å². The van der Waals surface area contributed by atoms with Gasteiger partial charge in [0.05, 0.1) is 0 Å². The number of imidazole rings is 1. The maximum absolute atomic E-state index is 3.98. The molecule has 3 heteroatoms. The Morgan fingerprint density at radius 2 is 1.13 bits per heavy atom. The van der Waals surface area contributed by atoms with Gasteiger partial charge in [0.1, 0.15) is 5.82 Å². The number of H-pyrrole nitrogens is 1. The fourth-order valence-corrected chi connectivity index (χ4v) is 2.24. The Morgan fingerprint density at radius 3 is 1.40 bits per heavy atom. The number of benzene rings is 2. The maximum Gasteiger partial charge on any atom is 0.105 e. The van der Waals surface area contributed by atoms with Crippen molar-refractivity contribution in [2.75, 3.05) is 0 Å². The SMILES string of the molecule is CC.CCC.CCc1ccncc1.CCc1ncc[nH]1.c1ccc2ccccc2c1. The average Bonchev–Trinajstić information content (AvgIpc) is 3.37. The smallest absolute Gasteiger partial charge is 0.105 e. The largest absolute Gasteiger partial charge is 0.349 e. The third kappa shape index (κ3) is 12.5. The van der Waals surface area contributed by atoms with E-state index < -0.39 is 0 Å². The van der Waals surface area contributed by atoms with Crippen LogP contribution in [0.15, 0.2) is 85.5 Å². The number of fused-ring (bicyclic) bond motifs is 1. The number of nitrogens with one attached hydrogen (secondary N) is 1. The number of aryl methyl sites for hydroxylation is 2. The topological polar surface area (TPSA) is 41.6 Å². The number of aromatic amines is 1. The zero-order valence-corrected chi connectivity index (χ0v) is 19.6. The van der Waals surface area contributed by atoms with Crippen LogP contribution in [0.5, 0.6) is 0 Å². The molecule has 0 fully saturated rings. The van der Waals surface area contributed by atoms with Crippen molar-refractivity contribution in [2.45, 2.75) is 60.8 Å². The first-order valence-corrected chi connectivity index (χ1v) is 11.1. The third-order valence-corrected chi connectivity index (χ3v) is 3.71. The van der Waals surface area contributed by atoms with Gasteiger partial charge < -0.3 is 4.98 Å². The molecule has 30 heavy (non-hydrogen) atoms. The molecular weight excluding hydrogens is 366 g/mol. The van der Waals surface area contributed by atoms with E-state index in [9.17, 15) is 0 Å². The van der Waals surface area contributed by atoms with Gasteiger partial charge in [0.25, 0.3) is 0 Å². The predicted octanol–water partition coefficient (Wildman–Crippen LogP) is 7.90. The molecule has 2 aromatic carbocycles. The summed E-state index contributed by atoms with van der Waals surface area (Å²) < 4.78 is 0. The van der Waals surface area contributed by atoms with Crippen molar-refractivity contribution in [3.8, 4) is 0 Å². The van der Waals surface area contributed by atoms with Crippen molar-refractivity contribution in [3.05, 3.63) is 96.8 Å². The Kier molecular flexibility index (Phi) is 17.5. The highest BCUT2D eigenvalue weighted by atomic mass is 14.9. The van der Waals surface area contributed by atoms with Gasteiger partial charge in [0.15, 0.2) is 0 Å². The highest BCUT2D eigenvalue weighted by Crippen LogP contribution is 2.11. The molecule has 0 bridgehead atoms. The van der Waals surface area contributed by atoms with Gasteiger partial charge in [-0.2, -0.15) is 0 Å². The van der Waals surface area contributed by atoms with Gasteiger partial charge in [0.2, 0.25) is 0 Å². The van der Waals surface area contributed by atoms with Crippen molar-refractivity contribution in [3.63, 3.8) is 0 Å². The highest BCUT2D eigenvalue weighted by molar-refractivity contribution is 5.81. The van der Waals surface area contributed by atoms with E-state index >= 15 is 0 Å². The van der Waals surface area contributed by atoms with Gasteiger partial charge in [-0.15, -0.1) is 0 Å². The minimum Gasteiger partial charge on any atom is -0.349 e. The number of aromatic nitrogens is 3. The van der Waals surface area contributed by atoms with E-state index in [1.54, 1.807) is 6.20 Å². The van der Waals surface area contributed by atoms with Crippen LogP contribution in [0.25, 0.3) is 10.8 Å². The van der Waals surface area contributed by atoms with Crippen LogP contribution in [0, 0.1) is 0 Å². The summed E-state index contributed by atoms with van der Waals surface area (Å²) in [5.74, 6) is 1.06. The molecule has 3 nitrogen and oxygen atoms in total. The third-order valence-electron chi connectivity index (χ3n) is 3.71. The minimum absolute atomic E-state index is 0.993. The Bertz CT molecular complexity index is 775. The molecule has 162 valence electrons. The van der Waals surface area contributed by atoms with Crippen molar-refractivity contribution in [1.29, 1.82) is 0 Å². The summed E-state index contributed by atoms with van der Waals surface area (Å²) in [7, 11) is 0. The van der Waals surface area contributed by atoms with E-state index in [0.717, 1.165) is 18.7 Å². The fourth-order valence-electron chi connectivity index (χ4n) is 2.24. The molecule has 0 saturated heterocycles. The number of nitrogens with zero attached hydrogens (tertiary/aromatic N) is 2. The molecule has 0 radical (unpaired) electrons. The molecule has 2 aromatic heterocycles. The molecule has 0 unspecified atom stereocenters. The number of rotatable bonds is 2. The molecule has 0 spiro atoms. The summed E-state index contributed by atoms with van der Waals surface area (Å²) >= 11 is 0. The van der Waals surface area contributed by atoms with Crippen LogP contribution >= 0.6 is 0 Å². The molecule has 0 aliphatic carbocycles. The summed E-state index contributed by atoms with van der Waals surface area (Å²) in [4.78, 5) is 10.8. The van der Waals surface area contributed by atoms with E-state index in [-0.39, 0.29) is 0 Å². The van der Waals surface area contributed by atoms with Crippen LogP contribution in [-0.2, 0) is 12.8 Å². The molecule has 1 N–H and O–H groups in total. The van der Waals surface area contributed by atoms with Crippen LogP contribution in [-0.4, -0.2) is 15.0 Å². The van der Waals surface area contributed by atoms with Crippen molar-refractivity contribution in [2.24, 2.45) is 0 Å². The zero-order valence-electron chi connectivity index (χ0n) is 19.6. The summed E-state index contributed by atoms with van der Waals surface area (Å²) in [5.41, 5.74) is 1.35. The van der Waals surface area contributed by atoms with Gasteiger partial charge in [0, 0.05) is 31.2 Å². The zero-order chi connectivity index (χ0) is 22.5. The summed E-state index contributed by atoms with van der Waals surface area (Å²) in [6.45, 7) is 12.5. The molecule has 0 atom stereocenters. The highest BCUT2D eigenvalue weighted by Gasteiger charge is 1.85. The first kappa shape index (κ1) is 27.1. The Balaban J connectivity index is 0.000000385. The Labute approximate surface area is 183 Å². The summed E-state index contributed by atoms with van der Waals surface area (Å²) in [6, 6.07) is 20.8. The fraction of sp³-hybridized carbons (Fsp3) is 0.333. The molecule has 0 aliphatic heterocycles. The second-order valence-electron chi connectivity index (χ2n) is 6.15. The summed E-state index contributed by atoms with van der Waals surface area (Å²) in [5, 5.41) is 2.62. The van der Waals surface area contributed by atoms with Gasteiger partial charge >= 0.3 is 0 Å². The average molecular weight is 406 g/mol. The molecular formula is C27H39N3. The molecule has 4 aromatic rings.